The minimum atomic E-state index is -0.752. The summed E-state index contributed by atoms with van der Waals surface area (Å²) in [6.07, 6.45) is 1.62. The number of nitriles is 1. The lowest BCUT2D eigenvalue weighted by atomic mass is 10.0. The maximum Gasteiger partial charge on any atom is 0.407 e. The van der Waals surface area contributed by atoms with Crippen molar-refractivity contribution in [1.82, 2.24) is 20.2 Å². The average Bonchev–Trinajstić information content (AvgIpc) is 3.38. The summed E-state index contributed by atoms with van der Waals surface area (Å²) in [5, 5.41) is 12.1. The predicted molar refractivity (Wildman–Crippen MR) is 114 cm³/mol. The second-order valence-electron chi connectivity index (χ2n) is 7.60. The first-order valence-corrected chi connectivity index (χ1v) is 10.5. The second kappa shape index (κ2) is 9.30. The van der Waals surface area contributed by atoms with E-state index < -0.39 is 12.1 Å². The molecule has 0 radical (unpaired) electrons. The van der Waals surface area contributed by atoms with Gasteiger partial charge in [0, 0.05) is 22.8 Å². The summed E-state index contributed by atoms with van der Waals surface area (Å²) < 4.78 is 5.64. The lowest BCUT2D eigenvalue weighted by Gasteiger charge is -2.29. The van der Waals surface area contributed by atoms with Crippen LogP contribution in [0.2, 0.25) is 0 Å². The Kier molecular flexibility index (Phi) is 6.77. The number of nitrogens with zero attached hydrogens (tertiary/aromatic N) is 3. The van der Waals surface area contributed by atoms with Gasteiger partial charge in [-0.15, -0.1) is 0 Å². The Morgan fingerprint density at radius 3 is 2.67 bits per heavy atom. The summed E-state index contributed by atoms with van der Waals surface area (Å²) in [5.41, 5.74) is 1.71. The molecule has 2 N–H and O–H groups in total. The Balaban J connectivity index is 1.87. The van der Waals surface area contributed by atoms with Gasteiger partial charge in [0.05, 0.1) is 30.8 Å². The van der Waals surface area contributed by atoms with Gasteiger partial charge < -0.3 is 19.9 Å². The molecule has 1 aromatic heterocycles. The van der Waals surface area contributed by atoms with E-state index in [1.165, 1.54) is 7.11 Å². The zero-order chi connectivity index (χ0) is 21.8. The number of likely N-dealkylation sites (tertiary alicyclic amines) is 1. The number of methoxy groups -OCH3 is 1. The van der Waals surface area contributed by atoms with Gasteiger partial charge >= 0.3 is 6.09 Å². The van der Waals surface area contributed by atoms with E-state index in [0.29, 0.717) is 18.8 Å². The number of carbonyl (C=O) groups is 2. The minimum absolute atomic E-state index is 0.145. The number of amides is 2. The van der Waals surface area contributed by atoms with Crippen LogP contribution in [0.15, 0.2) is 34.9 Å². The molecule has 1 aliphatic rings. The number of rotatable bonds is 5. The van der Waals surface area contributed by atoms with Gasteiger partial charge in [-0.25, -0.2) is 9.78 Å². The number of carbonyl (C=O) groups excluding carboxylic acids is 2. The number of nitrogens with one attached hydrogen (secondary N) is 2. The van der Waals surface area contributed by atoms with E-state index in [9.17, 15) is 14.9 Å². The zero-order valence-corrected chi connectivity index (χ0v) is 18.6. The Morgan fingerprint density at radius 2 is 2.07 bits per heavy atom. The van der Waals surface area contributed by atoms with Crippen molar-refractivity contribution in [2.45, 2.75) is 32.4 Å². The highest BCUT2D eigenvalue weighted by Crippen LogP contribution is 2.35. The van der Waals surface area contributed by atoms with E-state index in [1.54, 1.807) is 11.1 Å². The Morgan fingerprint density at radius 1 is 1.37 bits per heavy atom. The highest BCUT2D eigenvalue weighted by atomic mass is 79.9. The number of hydrogen-bond acceptors (Lipinski definition) is 5. The molecule has 158 valence electrons. The van der Waals surface area contributed by atoms with Crippen LogP contribution in [0, 0.1) is 23.2 Å². The molecule has 1 aliphatic heterocycles. The maximum absolute atomic E-state index is 13.3. The molecule has 1 unspecified atom stereocenters. The Bertz CT molecular complexity index is 950. The van der Waals surface area contributed by atoms with Crippen LogP contribution in [0.3, 0.4) is 0 Å². The van der Waals surface area contributed by atoms with Crippen molar-refractivity contribution in [3.8, 4) is 17.3 Å². The first kappa shape index (κ1) is 21.8. The van der Waals surface area contributed by atoms with Crippen LogP contribution in [-0.2, 0) is 9.53 Å². The fourth-order valence-corrected chi connectivity index (χ4v) is 3.85. The van der Waals surface area contributed by atoms with Crippen molar-refractivity contribution < 1.29 is 14.3 Å². The first-order chi connectivity index (χ1) is 14.3. The third-order valence-electron chi connectivity index (χ3n) is 5.21. The SMILES string of the molecule is COC(=O)NC(C(=O)N1C[C@@H](C#N)C[C@H]1c1nc(-c2ccc(Br)cc2)c[nH]1)C(C)C. The lowest BCUT2D eigenvalue weighted by Crippen LogP contribution is -2.51. The molecule has 2 heterocycles. The third kappa shape index (κ3) is 4.65. The van der Waals surface area contributed by atoms with Crippen LogP contribution in [0.4, 0.5) is 4.79 Å². The van der Waals surface area contributed by atoms with Crippen LogP contribution >= 0.6 is 15.9 Å². The number of ether oxygens (including phenoxy) is 1. The van der Waals surface area contributed by atoms with Gasteiger partial charge in [0.15, 0.2) is 0 Å². The summed E-state index contributed by atoms with van der Waals surface area (Å²) in [4.78, 5) is 34.5. The van der Waals surface area contributed by atoms with Crippen LogP contribution in [0.1, 0.15) is 32.1 Å². The van der Waals surface area contributed by atoms with E-state index in [0.717, 1.165) is 15.7 Å². The summed E-state index contributed by atoms with van der Waals surface area (Å²) in [6, 6.07) is 8.92. The monoisotopic (exact) mass is 473 g/mol. The van der Waals surface area contributed by atoms with Crippen LogP contribution in [0.25, 0.3) is 11.3 Å². The highest BCUT2D eigenvalue weighted by molar-refractivity contribution is 9.10. The molecule has 30 heavy (non-hydrogen) atoms. The number of alkyl carbamates (subject to hydrolysis) is 1. The van der Waals surface area contributed by atoms with Crippen molar-refractivity contribution in [2.24, 2.45) is 11.8 Å². The van der Waals surface area contributed by atoms with E-state index >= 15 is 0 Å². The fraction of sp³-hybridized carbons (Fsp3) is 0.429. The predicted octanol–water partition coefficient (Wildman–Crippen LogP) is 3.63. The maximum atomic E-state index is 13.3. The quantitative estimate of drug-likeness (QED) is 0.688. The lowest BCUT2D eigenvalue weighted by molar-refractivity contribution is -0.135. The third-order valence-corrected chi connectivity index (χ3v) is 5.74. The molecule has 2 amide bonds. The van der Waals surface area contributed by atoms with Gasteiger partial charge in [-0.1, -0.05) is 41.9 Å². The molecule has 0 spiro atoms. The second-order valence-corrected chi connectivity index (χ2v) is 8.52. The standard InChI is InChI=1S/C21H24BrN5O3/c1-12(2)18(26-21(29)30-3)20(28)27-11-13(9-23)8-17(27)19-24-10-16(25-19)14-4-6-15(22)7-5-14/h4-7,10,12-13,17-18H,8,11H2,1-3H3,(H,24,25)(H,26,29)/t13-,17+,18?/m1/s1. The Hall–Kier alpha value is -2.86. The van der Waals surface area contributed by atoms with Crippen LogP contribution in [-0.4, -0.2) is 46.6 Å². The van der Waals surface area contributed by atoms with Crippen molar-refractivity contribution >= 4 is 27.9 Å². The Labute approximate surface area is 183 Å². The zero-order valence-electron chi connectivity index (χ0n) is 17.1. The summed E-state index contributed by atoms with van der Waals surface area (Å²) in [6.45, 7) is 3.99. The summed E-state index contributed by atoms with van der Waals surface area (Å²) >= 11 is 3.42. The number of benzene rings is 1. The molecule has 1 fully saturated rings. The average molecular weight is 474 g/mol. The minimum Gasteiger partial charge on any atom is -0.453 e. The topological polar surface area (TPSA) is 111 Å². The van der Waals surface area contributed by atoms with Crippen molar-refractivity contribution in [3.63, 3.8) is 0 Å². The molecule has 2 aromatic rings. The number of aromatic nitrogens is 2. The van der Waals surface area contributed by atoms with Crippen molar-refractivity contribution in [1.29, 1.82) is 5.26 Å². The molecular formula is C21H24BrN5O3. The fourth-order valence-electron chi connectivity index (χ4n) is 3.59. The molecule has 3 atom stereocenters. The molecule has 0 aliphatic carbocycles. The van der Waals surface area contributed by atoms with Crippen LogP contribution < -0.4 is 5.32 Å². The molecule has 3 rings (SSSR count). The van der Waals surface area contributed by atoms with E-state index in [4.69, 9.17) is 0 Å². The molecule has 1 saturated heterocycles. The molecule has 8 nitrogen and oxygen atoms in total. The normalized spacial score (nSPS) is 19.4. The van der Waals surface area contributed by atoms with E-state index in [2.05, 4.69) is 42.0 Å². The van der Waals surface area contributed by atoms with Crippen LogP contribution in [0.5, 0.6) is 0 Å². The van der Waals surface area contributed by atoms with E-state index in [-0.39, 0.29) is 23.8 Å². The van der Waals surface area contributed by atoms with Gasteiger partial charge in [-0.05, 0) is 24.5 Å². The van der Waals surface area contributed by atoms with Gasteiger partial charge in [0.1, 0.15) is 11.9 Å². The van der Waals surface area contributed by atoms with Gasteiger partial charge in [-0.2, -0.15) is 5.26 Å². The molecular weight excluding hydrogens is 450 g/mol. The van der Waals surface area contributed by atoms with Gasteiger partial charge in [0.2, 0.25) is 5.91 Å². The number of hydrogen-bond donors (Lipinski definition) is 2. The smallest absolute Gasteiger partial charge is 0.407 e. The number of imidazole rings is 1. The van der Waals surface area contributed by atoms with Crippen molar-refractivity contribution in [2.75, 3.05) is 13.7 Å². The van der Waals surface area contributed by atoms with E-state index in [1.807, 2.05) is 38.1 Å². The molecule has 9 heteroatoms. The van der Waals surface area contributed by atoms with Gasteiger partial charge in [0.25, 0.3) is 0 Å². The molecule has 0 bridgehead atoms. The first-order valence-electron chi connectivity index (χ1n) is 9.69. The van der Waals surface area contributed by atoms with Crippen molar-refractivity contribution in [3.05, 3.63) is 40.8 Å². The number of aromatic amines is 1. The van der Waals surface area contributed by atoms with Gasteiger partial charge in [-0.3, -0.25) is 4.79 Å². The highest BCUT2D eigenvalue weighted by Gasteiger charge is 2.41. The molecule has 0 saturated carbocycles. The largest absolute Gasteiger partial charge is 0.453 e. The number of halogens is 1. The summed E-state index contributed by atoms with van der Waals surface area (Å²) in [5.74, 6) is -0.0706. The molecule has 1 aromatic carbocycles. The summed E-state index contributed by atoms with van der Waals surface area (Å²) in [7, 11) is 1.26. The number of H-pyrrole nitrogens is 1.